The Kier molecular flexibility index (Phi) is 4.20. The molecule has 0 unspecified atom stereocenters. The molecule has 0 saturated heterocycles. The average Bonchev–Trinajstić information content (AvgIpc) is 1.68. The summed E-state index contributed by atoms with van der Waals surface area (Å²) in [5, 5.41) is 2.60. The molecule has 0 aromatic rings. The number of carbonyl (C=O) groups excluding carboxylic acids is 1. The molecule has 0 aliphatic rings. The van der Waals surface area contributed by atoms with Crippen molar-refractivity contribution in [2.45, 2.75) is 0 Å². The van der Waals surface area contributed by atoms with Crippen LogP contribution in [0.15, 0.2) is 0 Å². The third-order valence-electron chi connectivity index (χ3n) is 0.497. The standard InChI is InChI=1S/C4H9NO3/c1-5-3-4(6)8-7-2/h5H,3H2,1-2H3. The van der Waals surface area contributed by atoms with Crippen LogP contribution in [0.25, 0.3) is 0 Å². The van der Waals surface area contributed by atoms with Crippen molar-refractivity contribution in [3.63, 3.8) is 0 Å². The molecule has 48 valence electrons. The number of nitrogens with one attached hydrogen (secondary N) is 1. The lowest BCUT2D eigenvalue weighted by molar-refractivity contribution is -0.253. The molecule has 0 spiro atoms. The highest BCUT2D eigenvalue weighted by molar-refractivity contribution is 5.70. The van der Waals surface area contributed by atoms with Crippen LogP contribution in [0.5, 0.6) is 0 Å². The molecule has 0 atom stereocenters. The van der Waals surface area contributed by atoms with Gasteiger partial charge in [-0.3, -0.25) is 4.89 Å². The molecule has 0 aromatic carbocycles. The molecule has 0 aromatic heterocycles. The van der Waals surface area contributed by atoms with Crippen molar-refractivity contribution in [1.82, 2.24) is 5.32 Å². The van der Waals surface area contributed by atoms with Gasteiger partial charge in [0.25, 0.3) is 0 Å². The second-order valence-corrected chi connectivity index (χ2v) is 1.15. The van der Waals surface area contributed by atoms with Crippen LogP contribution < -0.4 is 5.32 Å². The maximum atomic E-state index is 10.2. The topological polar surface area (TPSA) is 47.6 Å². The van der Waals surface area contributed by atoms with E-state index in [4.69, 9.17) is 0 Å². The minimum Gasteiger partial charge on any atom is -0.310 e. The zero-order valence-corrected chi connectivity index (χ0v) is 4.93. The maximum absolute atomic E-state index is 10.2. The van der Waals surface area contributed by atoms with Crippen molar-refractivity contribution in [1.29, 1.82) is 0 Å². The Bertz CT molecular complexity index is 65.7. The summed E-state index contributed by atoms with van der Waals surface area (Å²) >= 11 is 0. The molecule has 0 heterocycles. The normalized spacial score (nSPS) is 8.75. The number of hydrogen-bond acceptors (Lipinski definition) is 4. The fraction of sp³-hybridized carbons (Fsp3) is 0.750. The first-order valence-corrected chi connectivity index (χ1v) is 2.19. The predicted molar refractivity (Wildman–Crippen MR) is 27.0 cm³/mol. The molecule has 0 aliphatic heterocycles. The molecule has 0 rings (SSSR count). The Hall–Kier alpha value is -0.610. The maximum Gasteiger partial charge on any atom is 0.355 e. The lowest BCUT2D eigenvalue weighted by Crippen LogP contribution is -2.20. The Morgan fingerprint density at radius 1 is 1.75 bits per heavy atom. The minimum absolute atomic E-state index is 0.174. The van der Waals surface area contributed by atoms with Crippen molar-refractivity contribution in [2.24, 2.45) is 0 Å². The molecule has 0 aliphatic carbocycles. The lowest BCUT2D eigenvalue weighted by atomic mass is 10.7. The number of carbonyl (C=O) groups is 1. The van der Waals surface area contributed by atoms with E-state index < -0.39 is 5.97 Å². The SMILES string of the molecule is CNCC(=O)OOC. The molecule has 0 amide bonds. The third-order valence-corrected chi connectivity index (χ3v) is 0.497. The first-order valence-electron chi connectivity index (χ1n) is 2.19. The van der Waals surface area contributed by atoms with Gasteiger partial charge in [-0.2, -0.15) is 4.89 Å². The third kappa shape index (κ3) is 3.58. The van der Waals surface area contributed by atoms with Gasteiger partial charge in [-0.25, -0.2) is 4.79 Å². The summed E-state index contributed by atoms with van der Waals surface area (Å²) in [6.07, 6.45) is 0. The van der Waals surface area contributed by atoms with Gasteiger partial charge in [0.15, 0.2) is 0 Å². The van der Waals surface area contributed by atoms with Crippen LogP contribution in [-0.4, -0.2) is 26.7 Å². The van der Waals surface area contributed by atoms with Crippen molar-refractivity contribution < 1.29 is 14.6 Å². The van der Waals surface area contributed by atoms with E-state index in [2.05, 4.69) is 15.1 Å². The first kappa shape index (κ1) is 7.39. The molecule has 0 fully saturated rings. The second kappa shape index (κ2) is 4.55. The van der Waals surface area contributed by atoms with Gasteiger partial charge >= 0.3 is 5.97 Å². The lowest BCUT2D eigenvalue weighted by Gasteiger charge is -1.95. The highest BCUT2D eigenvalue weighted by atomic mass is 17.2. The quantitative estimate of drug-likeness (QED) is 0.394. The van der Waals surface area contributed by atoms with Crippen LogP contribution in [0, 0.1) is 0 Å². The van der Waals surface area contributed by atoms with Crippen LogP contribution in [0.2, 0.25) is 0 Å². The van der Waals surface area contributed by atoms with Gasteiger partial charge < -0.3 is 5.32 Å². The summed E-state index contributed by atoms with van der Waals surface area (Å²) in [5.74, 6) is -0.421. The minimum atomic E-state index is -0.421. The van der Waals surface area contributed by atoms with Crippen molar-refractivity contribution >= 4 is 5.97 Å². The summed E-state index contributed by atoms with van der Waals surface area (Å²) in [4.78, 5) is 18.4. The molecule has 8 heavy (non-hydrogen) atoms. The average molecular weight is 119 g/mol. The zero-order valence-electron chi connectivity index (χ0n) is 4.93. The predicted octanol–water partition coefficient (Wildman–Crippen LogP) is -0.690. The summed E-state index contributed by atoms with van der Waals surface area (Å²) < 4.78 is 0. The van der Waals surface area contributed by atoms with E-state index in [0.29, 0.717) is 0 Å². The van der Waals surface area contributed by atoms with Crippen LogP contribution in [-0.2, 0) is 14.6 Å². The van der Waals surface area contributed by atoms with E-state index in [0.717, 1.165) is 0 Å². The smallest absolute Gasteiger partial charge is 0.310 e. The molecular formula is C4H9NO3. The molecule has 4 nitrogen and oxygen atoms in total. The summed E-state index contributed by atoms with van der Waals surface area (Å²) in [6.45, 7) is 0.174. The van der Waals surface area contributed by atoms with Gasteiger partial charge in [0, 0.05) is 0 Å². The van der Waals surface area contributed by atoms with Gasteiger partial charge in [0.05, 0.1) is 13.7 Å². The van der Waals surface area contributed by atoms with Crippen molar-refractivity contribution in [3.05, 3.63) is 0 Å². The van der Waals surface area contributed by atoms with Crippen LogP contribution in [0.1, 0.15) is 0 Å². The molecule has 0 radical (unpaired) electrons. The molecule has 4 heteroatoms. The Morgan fingerprint density at radius 3 is 2.75 bits per heavy atom. The van der Waals surface area contributed by atoms with E-state index in [1.807, 2.05) is 0 Å². The summed E-state index contributed by atoms with van der Waals surface area (Å²) in [7, 11) is 2.93. The van der Waals surface area contributed by atoms with Crippen LogP contribution in [0.4, 0.5) is 0 Å². The van der Waals surface area contributed by atoms with Gasteiger partial charge in [0.2, 0.25) is 0 Å². The van der Waals surface area contributed by atoms with E-state index in [-0.39, 0.29) is 6.54 Å². The van der Waals surface area contributed by atoms with E-state index in [9.17, 15) is 4.79 Å². The Labute approximate surface area is 47.7 Å². The van der Waals surface area contributed by atoms with Crippen molar-refractivity contribution in [2.75, 3.05) is 20.7 Å². The van der Waals surface area contributed by atoms with Crippen LogP contribution in [0.3, 0.4) is 0 Å². The first-order chi connectivity index (χ1) is 3.81. The van der Waals surface area contributed by atoms with E-state index in [1.165, 1.54) is 7.11 Å². The highest BCUT2D eigenvalue weighted by Gasteiger charge is 1.96. The molecular weight excluding hydrogens is 110 g/mol. The fourth-order valence-electron chi connectivity index (χ4n) is 0.267. The zero-order chi connectivity index (χ0) is 6.41. The molecule has 0 bridgehead atoms. The molecule has 0 saturated carbocycles. The van der Waals surface area contributed by atoms with E-state index in [1.54, 1.807) is 7.05 Å². The fourth-order valence-corrected chi connectivity index (χ4v) is 0.267. The molecule has 1 N–H and O–H groups in total. The van der Waals surface area contributed by atoms with Gasteiger partial charge in [0.1, 0.15) is 0 Å². The summed E-state index contributed by atoms with van der Waals surface area (Å²) in [6, 6.07) is 0. The monoisotopic (exact) mass is 119 g/mol. The van der Waals surface area contributed by atoms with Gasteiger partial charge in [-0.15, -0.1) is 0 Å². The number of hydrogen-bond donors (Lipinski definition) is 1. The Morgan fingerprint density at radius 2 is 2.38 bits per heavy atom. The second-order valence-electron chi connectivity index (χ2n) is 1.15. The number of likely N-dealkylation sites (N-methyl/N-ethyl adjacent to an activating group) is 1. The number of rotatable bonds is 3. The Balaban J connectivity index is 3.06. The van der Waals surface area contributed by atoms with E-state index >= 15 is 0 Å². The van der Waals surface area contributed by atoms with Gasteiger partial charge in [-0.1, -0.05) is 0 Å². The van der Waals surface area contributed by atoms with Gasteiger partial charge in [-0.05, 0) is 7.05 Å². The highest BCUT2D eigenvalue weighted by Crippen LogP contribution is 1.72. The largest absolute Gasteiger partial charge is 0.355 e. The summed E-state index contributed by atoms with van der Waals surface area (Å²) in [5.41, 5.74) is 0. The van der Waals surface area contributed by atoms with Crippen molar-refractivity contribution in [3.8, 4) is 0 Å². The van der Waals surface area contributed by atoms with Crippen LogP contribution >= 0.6 is 0 Å².